The van der Waals surface area contributed by atoms with E-state index in [1.807, 2.05) is 48.7 Å². The predicted molar refractivity (Wildman–Crippen MR) is 141 cm³/mol. The van der Waals surface area contributed by atoms with E-state index in [1.54, 1.807) is 17.4 Å². The zero-order valence-electron chi connectivity index (χ0n) is 18.2. The van der Waals surface area contributed by atoms with Gasteiger partial charge in [-0.25, -0.2) is 4.98 Å². The van der Waals surface area contributed by atoms with Crippen molar-refractivity contribution in [1.29, 1.82) is 0 Å². The van der Waals surface area contributed by atoms with Gasteiger partial charge in [-0.3, -0.25) is 4.98 Å². The van der Waals surface area contributed by atoms with Crippen LogP contribution in [-0.2, 0) is 0 Å². The van der Waals surface area contributed by atoms with Crippen molar-refractivity contribution in [2.75, 3.05) is 0 Å². The number of thiazole rings is 1. The summed E-state index contributed by atoms with van der Waals surface area (Å²) in [4.78, 5) is 9.56. The minimum Gasteiger partial charge on any atom is -0.507 e. The molecule has 0 aliphatic carbocycles. The van der Waals surface area contributed by atoms with Gasteiger partial charge in [0.1, 0.15) is 10.8 Å². The summed E-state index contributed by atoms with van der Waals surface area (Å²) < 4.78 is 1.09. The average Bonchev–Trinajstić information content (AvgIpc) is 3.34. The quantitative estimate of drug-likeness (QED) is 0.292. The largest absolute Gasteiger partial charge is 0.507 e. The van der Waals surface area contributed by atoms with Crippen LogP contribution in [0.25, 0.3) is 54.3 Å². The molecule has 162 valence electrons. The maximum Gasteiger partial charge on any atom is 0.128 e. The Balaban J connectivity index is 1.43. The fourth-order valence-electron chi connectivity index (χ4n) is 4.20. The number of phenols is 1. The summed E-state index contributed by atoms with van der Waals surface area (Å²) in [6.07, 6.45) is 1.87. The van der Waals surface area contributed by atoms with E-state index in [0.29, 0.717) is 0 Å². The molecule has 0 bridgehead atoms. The highest BCUT2D eigenvalue weighted by atomic mass is 32.1. The van der Waals surface area contributed by atoms with Crippen LogP contribution in [0.3, 0.4) is 0 Å². The maximum atomic E-state index is 10.3. The number of hydrogen-bond acceptors (Lipinski definition) is 4. The van der Waals surface area contributed by atoms with Gasteiger partial charge in [-0.2, -0.15) is 0 Å². The number of hydrogen-bond donors (Lipinski definition) is 1. The van der Waals surface area contributed by atoms with Crippen LogP contribution in [0.15, 0.2) is 115 Å². The third-order valence-corrected chi connectivity index (χ3v) is 6.94. The van der Waals surface area contributed by atoms with Crippen molar-refractivity contribution in [3.8, 4) is 49.8 Å². The molecule has 6 aromatic rings. The molecule has 0 saturated carbocycles. The second-order valence-corrected chi connectivity index (χ2v) is 9.10. The van der Waals surface area contributed by atoms with E-state index in [0.717, 1.165) is 48.7 Å². The molecule has 0 unspecified atom stereocenters. The van der Waals surface area contributed by atoms with Crippen LogP contribution in [0, 0.1) is 0 Å². The van der Waals surface area contributed by atoms with Gasteiger partial charge < -0.3 is 5.11 Å². The first-order valence-electron chi connectivity index (χ1n) is 11.1. The second-order valence-electron chi connectivity index (χ2n) is 8.07. The van der Waals surface area contributed by atoms with Crippen LogP contribution in [0.1, 0.15) is 0 Å². The molecule has 0 aliphatic heterocycles. The summed E-state index contributed by atoms with van der Waals surface area (Å²) in [5.74, 6) is 0.245. The van der Waals surface area contributed by atoms with Crippen LogP contribution in [0.4, 0.5) is 0 Å². The number of phenolic OH excluding ortho intramolecular Hbond substituents is 1. The Morgan fingerprint density at radius 3 is 2.21 bits per heavy atom. The lowest BCUT2D eigenvalue weighted by molar-refractivity contribution is 0.477. The Morgan fingerprint density at radius 1 is 0.588 bits per heavy atom. The number of pyridine rings is 1. The molecule has 34 heavy (non-hydrogen) atoms. The molecule has 6 rings (SSSR count). The summed E-state index contributed by atoms with van der Waals surface area (Å²) >= 11 is 1.59. The first kappa shape index (κ1) is 20.3. The molecule has 4 aromatic carbocycles. The molecule has 0 fully saturated rings. The Labute approximate surface area is 201 Å². The molecule has 0 aliphatic rings. The van der Waals surface area contributed by atoms with Crippen LogP contribution in [0.5, 0.6) is 5.75 Å². The van der Waals surface area contributed by atoms with Gasteiger partial charge in [-0.1, -0.05) is 72.8 Å². The Morgan fingerprint density at radius 2 is 1.32 bits per heavy atom. The fraction of sp³-hybridized carbons (Fsp3) is 0. The first-order valence-corrected chi connectivity index (χ1v) is 11.9. The van der Waals surface area contributed by atoms with Crippen molar-refractivity contribution in [3.63, 3.8) is 0 Å². The van der Waals surface area contributed by atoms with E-state index < -0.39 is 0 Å². The molecule has 0 amide bonds. The lowest BCUT2D eigenvalue weighted by Gasteiger charge is -2.08. The molecule has 0 radical (unpaired) electrons. The zero-order chi connectivity index (χ0) is 22.9. The molecule has 0 atom stereocenters. The highest BCUT2D eigenvalue weighted by molar-refractivity contribution is 7.21. The number of fused-ring (bicyclic) bond motifs is 1. The van der Waals surface area contributed by atoms with Gasteiger partial charge in [0.15, 0.2) is 0 Å². The van der Waals surface area contributed by atoms with E-state index in [9.17, 15) is 5.11 Å². The fourth-order valence-corrected chi connectivity index (χ4v) is 5.22. The van der Waals surface area contributed by atoms with E-state index in [1.165, 1.54) is 5.56 Å². The average molecular weight is 457 g/mol. The summed E-state index contributed by atoms with van der Waals surface area (Å²) in [5.41, 5.74) is 8.16. The normalized spacial score (nSPS) is 11.1. The van der Waals surface area contributed by atoms with Gasteiger partial charge in [0.05, 0.1) is 21.5 Å². The number of aromatic nitrogens is 2. The topological polar surface area (TPSA) is 46.0 Å². The molecule has 2 heterocycles. The molecule has 1 N–H and O–H groups in total. The summed E-state index contributed by atoms with van der Waals surface area (Å²) in [5, 5.41) is 11.1. The van der Waals surface area contributed by atoms with Gasteiger partial charge in [-0.05, 0) is 53.1 Å². The van der Waals surface area contributed by atoms with Gasteiger partial charge in [0.2, 0.25) is 0 Å². The van der Waals surface area contributed by atoms with E-state index >= 15 is 0 Å². The SMILES string of the molecule is Oc1ccccc1-c1nc2c(-c3cccc(-c4cc(-c5ccccc5)ccn4)c3)cccc2s1. The second kappa shape index (κ2) is 8.58. The third-order valence-electron chi connectivity index (χ3n) is 5.89. The molecule has 0 spiro atoms. The molecule has 0 saturated heterocycles. The van der Waals surface area contributed by atoms with Crippen LogP contribution in [-0.4, -0.2) is 15.1 Å². The molecular formula is C30H20N2OS. The van der Waals surface area contributed by atoms with Gasteiger partial charge in [-0.15, -0.1) is 11.3 Å². The minimum absolute atomic E-state index is 0.245. The van der Waals surface area contributed by atoms with Gasteiger partial charge in [0, 0.05) is 17.3 Å². The molecule has 4 heteroatoms. The van der Waals surface area contributed by atoms with Crippen molar-refractivity contribution in [2.45, 2.75) is 0 Å². The summed E-state index contributed by atoms with van der Waals surface area (Å²) in [6, 6.07) is 36.5. The highest BCUT2D eigenvalue weighted by Gasteiger charge is 2.14. The monoisotopic (exact) mass is 456 g/mol. The Bertz CT molecular complexity index is 1620. The minimum atomic E-state index is 0.245. The van der Waals surface area contributed by atoms with Crippen molar-refractivity contribution >= 4 is 21.6 Å². The van der Waals surface area contributed by atoms with Crippen molar-refractivity contribution in [2.24, 2.45) is 0 Å². The van der Waals surface area contributed by atoms with Crippen LogP contribution < -0.4 is 0 Å². The number of aromatic hydroxyl groups is 1. The Hall–Kier alpha value is -4.28. The highest BCUT2D eigenvalue weighted by Crippen LogP contribution is 2.39. The number of rotatable bonds is 4. The lowest BCUT2D eigenvalue weighted by Crippen LogP contribution is -1.87. The van der Waals surface area contributed by atoms with E-state index in [4.69, 9.17) is 4.98 Å². The number of nitrogens with zero attached hydrogens (tertiary/aromatic N) is 2. The number of para-hydroxylation sites is 2. The third kappa shape index (κ3) is 3.74. The summed E-state index contributed by atoms with van der Waals surface area (Å²) in [7, 11) is 0. The van der Waals surface area contributed by atoms with Crippen LogP contribution >= 0.6 is 11.3 Å². The maximum absolute atomic E-state index is 10.3. The molecular weight excluding hydrogens is 436 g/mol. The molecule has 2 aromatic heterocycles. The van der Waals surface area contributed by atoms with Crippen molar-refractivity contribution in [3.05, 3.63) is 115 Å². The predicted octanol–water partition coefficient (Wildman–Crippen LogP) is 8.06. The first-order chi connectivity index (χ1) is 16.8. The van der Waals surface area contributed by atoms with Gasteiger partial charge >= 0.3 is 0 Å². The summed E-state index contributed by atoms with van der Waals surface area (Å²) in [6.45, 7) is 0. The smallest absolute Gasteiger partial charge is 0.128 e. The van der Waals surface area contributed by atoms with Gasteiger partial charge in [0.25, 0.3) is 0 Å². The lowest BCUT2D eigenvalue weighted by atomic mass is 9.99. The van der Waals surface area contributed by atoms with Crippen LogP contribution in [0.2, 0.25) is 0 Å². The zero-order valence-corrected chi connectivity index (χ0v) is 19.0. The van der Waals surface area contributed by atoms with Crippen molar-refractivity contribution in [1.82, 2.24) is 9.97 Å². The van der Waals surface area contributed by atoms with Crippen molar-refractivity contribution < 1.29 is 5.11 Å². The number of benzene rings is 4. The van der Waals surface area contributed by atoms with E-state index in [2.05, 4.69) is 65.6 Å². The standard InChI is InChI=1S/C30H20N2OS/c33-27-14-5-4-12-25(27)30-32-29-24(13-7-15-28(29)34-30)22-10-6-11-23(18-22)26-19-21(16-17-31-26)20-8-2-1-3-9-20/h1-19,33H. The molecule has 3 nitrogen and oxygen atoms in total. The van der Waals surface area contributed by atoms with E-state index in [-0.39, 0.29) is 5.75 Å². The Kier molecular flexibility index (Phi) is 5.13.